The third-order valence-corrected chi connectivity index (χ3v) is 3.07. The Hall–Kier alpha value is -2.07. The van der Waals surface area contributed by atoms with Crippen LogP contribution in [0.2, 0.25) is 0 Å². The number of ether oxygens (including phenoxy) is 2. The van der Waals surface area contributed by atoms with E-state index in [1.165, 1.54) is 5.56 Å². The molecule has 0 bridgehead atoms. The van der Waals surface area contributed by atoms with Crippen molar-refractivity contribution in [2.24, 2.45) is 5.73 Å². The van der Waals surface area contributed by atoms with Gasteiger partial charge in [-0.1, -0.05) is 0 Å². The van der Waals surface area contributed by atoms with Crippen LogP contribution in [-0.4, -0.2) is 19.2 Å². The van der Waals surface area contributed by atoms with Crippen LogP contribution in [0.15, 0.2) is 36.7 Å². The van der Waals surface area contributed by atoms with E-state index in [2.05, 4.69) is 4.98 Å². The summed E-state index contributed by atoms with van der Waals surface area (Å²) < 4.78 is 10.6. The fraction of sp³-hybridized carbons (Fsp3) is 0.267. The van der Waals surface area contributed by atoms with Crippen LogP contribution in [0.5, 0.6) is 11.5 Å². The normalized spacial score (nSPS) is 10.3. The minimum Gasteiger partial charge on any atom is -0.493 e. The van der Waals surface area contributed by atoms with Crippen molar-refractivity contribution >= 4 is 0 Å². The van der Waals surface area contributed by atoms with Crippen LogP contribution >= 0.6 is 0 Å². The molecule has 0 aliphatic carbocycles. The van der Waals surface area contributed by atoms with Gasteiger partial charge in [-0.05, 0) is 47.4 Å². The van der Waals surface area contributed by atoms with Gasteiger partial charge in [-0.15, -0.1) is 0 Å². The lowest BCUT2D eigenvalue weighted by Crippen LogP contribution is -2.04. The second-order valence-electron chi connectivity index (χ2n) is 4.21. The summed E-state index contributed by atoms with van der Waals surface area (Å²) in [7, 11) is 3.26. The van der Waals surface area contributed by atoms with Crippen LogP contribution in [-0.2, 0) is 13.0 Å². The topological polar surface area (TPSA) is 57.4 Å². The molecule has 100 valence electrons. The van der Waals surface area contributed by atoms with Gasteiger partial charge in [-0.2, -0.15) is 0 Å². The molecule has 4 heteroatoms. The van der Waals surface area contributed by atoms with Gasteiger partial charge < -0.3 is 15.2 Å². The Balaban J connectivity index is 2.38. The third-order valence-electron chi connectivity index (χ3n) is 3.07. The van der Waals surface area contributed by atoms with E-state index in [-0.39, 0.29) is 0 Å². The molecule has 4 nitrogen and oxygen atoms in total. The molecule has 0 radical (unpaired) electrons. The molecule has 19 heavy (non-hydrogen) atoms. The molecule has 0 amide bonds. The highest BCUT2D eigenvalue weighted by molar-refractivity contribution is 5.48. The highest BCUT2D eigenvalue weighted by Gasteiger charge is 2.10. The summed E-state index contributed by atoms with van der Waals surface area (Å²) in [5, 5.41) is 0. The van der Waals surface area contributed by atoms with Gasteiger partial charge in [0, 0.05) is 18.9 Å². The molecule has 0 saturated heterocycles. The summed E-state index contributed by atoms with van der Waals surface area (Å²) >= 11 is 0. The van der Waals surface area contributed by atoms with Crippen molar-refractivity contribution in [3.05, 3.63) is 53.3 Å². The number of aromatic nitrogens is 1. The van der Waals surface area contributed by atoms with Gasteiger partial charge in [0.15, 0.2) is 11.5 Å². The van der Waals surface area contributed by atoms with E-state index in [0.717, 1.165) is 23.3 Å². The summed E-state index contributed by atoms with van der Waals surface area (Å²) in [6, 6.07) is 7.92. The molecule has 0 atom stereocenters. The minimum absolute atomic E-state index is 0.473. The minimum atomic E-state index is 0.473. The van der Waals surface area contributed by atoms with Crippen molar-refractivity contribution in [3.8, 4) is 11.5 Å². The Morgan fingerprint density at radius 1 is 1.00 bits per heavy atom. The molecule has 0 spiro atoms. The number of hydrogen-bond acceptors (Lipinski definition) is 4. The molecule has 0 fully saturated rings. The lowest BCUT2D eigenvalue weighted by molar-refractivity contribution is 0.354. The van der Waals surface area contributed by atoms with E-state index in [4.69, 9.17) is 15.2 Å². The molecule has 0 saturated carbocycles. The SMILES string of the molecule is COc1cc(CN)c(Cc2ccncc2)cc1OC. The fourth-order valence-electron chi connectivity index (χ4n) is 2.04. The van der Waals surface area contributed by atoms with Crippen molar-refractivity contribution in [1.82, 2.24) is 4.98 Å². The molecule has 2 rings (SSSR count). The highest BCUT2D eigenvalue weighted by atomic mass is 16.5. The number of pyridine rings is 1. The van der Waals surface area contributed by atoms with Crippen LogP contribution in [0.3, 0.4) is 0 Å². The lowest BCUT2D eigenvalue weighted by Gasteiger charge is -2.14. The summed E-state index contributed by atoms with van der Waals surface area (Å²) in [6.07, 6.45) is 4.38. The van der Waals surface area contributed by atoms with E-state index < -0.39 is 0 Å². The van der Waals surface area contributed by atoms with Crippen LogP contribution in [0, 0.1) is 0 Å². The van der Waals surface area contributed by atoms with Crippen molar-refractivity contribution in [2.75, 3.05) is 14.2 Å². The van der Waals surface area contributed by atoms with Gasteiger partial charge >= 0.3 is 0 Å². The summed E-state index contributed by atoms with van der Waals surface area (Å²) in [6.45, 7) is 0.473. The fourth-order valence-corrected chi connectivity index (χ4v) is 2.04. The molecule has 0 aliphatic rings. The first-order valence-corrected chi connectivity index (χ1v) is 6.11. The quantitative estimate of drug-likeness (QED) is 0.892. The summed E-state index contributed by atoms with van der Waals surface area (Å²) in [4.78, 5) is 4.02. The Bertz CT molecular complexity index is 541. The van der Waals surface area contributed by atoms with Crippen LogP contribution < -0.4 is 15.2 Å². The Morgan fingerprint density at radius 2 is 1.58 bits per heavy atom. The maximum atomic E-state index is 5.81. The van der Waals surface area contributed by atoms with Crippen molar-refractivity contribution in [3.63, 3.8) is 0 Å². The molecule has 2 N–H and O–H groups in total. The molecule has 0 aliphatic heterocycles. The standard InChI is InChI=1S/C15H18N2O2/c1-18-14-8-12(7-11-3-5-17-6-4-11)13(10-16)9-15(14)19-2/h3-6,8-9H,7,10,16H2,1-2H3. The smallest absolute Gasteiger partial charge is 0.161 e. The Labute approximate surface area is 113 Å². The van der Waals surface area contributed by atoms with Gasteiger partial charge in [-0.3, -0.25) is 4.98 Å². The molecule has 2 aromatic rings. The molecular weight excluding hydrogens is 240 g/mol. The molecule has 1 aromatic carbocycles. The second-order valence-corrected chi connectivity index (χ2v) is 4.21. The number of benzene rings is 1. The molecule has 1 heterocycles. The first-order chi connectivity index (χ1) is 9.28. The lowest BCUT2D eigenvalue weighted by atomic mass is 9.99. The average molecular weight is 258 g/mol. The predicted octanol–water partition coefficient (Wildman–Crippen LogP) is 2.15. The number of rotatable bonds is 5. The van der Waals surface area contributed by atoms with Crippen molar-refractivity contribution in [2.45, 2.75) is 13.0 Å². The van der Waals surface area contributed by atoms with Gasteiger partial charge in [0.2, 0.25) is 0 Å². The predicted molar refractivity (Wildman–Crippen MR) is 74.5 cm³/mol. The third kappa shape index (κ3) is 3.03. The van der Waals surface area contributed by atoms with Crippen LogP contribution in [0.25, 0.3) is 0 Å². The number of nitrogens with zero attached hydrogens (tertiary/aromatic N) is 1. The first-order valence-electron chi connectivity index (χ1n) is 6.11. The second kappa shape index (κ2) is 6.20. The van der Waals surface area contributed by atoms with E-state index >= 15 is 0 Å². The number of methoxy groups -OCH3 is 2. The van der Waals surface area contributed by atoms with Gasteiger partial charge in [0.25, 0.3) is 0 Å². The van der Waals surface area contributed by atoms with Crippen LogP contribution in [0.4, 0.5) is 0 Å². The van der Waals surface area contributed by atoms with Crippen LogP contribution in [0.1, 0.15) is 16.7 Å². The van der Waals surface area contributed by atoms with E-state index in [0.29, 0.717) is 12.3 Å². The average Bonchev–Trinajstić information content (AvgIpc) is 2.47. The Morgan fingerprint density at radius 3 is 2.11 bits per heavy atom. The zero-order valence-corrected chi connectivity index (χ0v) is 11.2. The van der Waals surface area contributed by atoms with Crippen molar-refractivity contribution < 1.29 is 9.47 Å². The molecule has 1 aromatic heterocycles. The maximum absolute atomic E-state index is 5.81. The maximum Gasteiger partial charge on any atom is 0.161 e. The van der Waals surface area contributed by atoms with E-state index in [1.54, 1.807) is 26.6 Å². The summed E-state index contributed by atoms with van der Waals surface area (Å²) in [5.41, 5.74) is 9.21. The van der Waals surface area contributed by atoms with E-state index in [9.17, 15) is 0 Å². The number of hydrogen-bond donors (Lipinski definition) is 1. The highest BCUT2D eigenvalue weighted by Crippen LogP contribution is 2.31. The summed E-state index contributed by atoms with van der Waals surface area (Å²) in [5.74, 6) is 1.44. The van der Waals surface area contributed by atoms with Gasteiger partial charge in [0.1, 0.15) is 0 Å². The monoisotopic (exact) mass is 258 g/mol. The molecule has 0 unspecified atom stereocenters. The number of nitrogens with two attached hydrogens (primary N) is 1. The Kier molecular flexibility index (Phi) is 4.36. The van der Waals surface area contributed by atoms with Crippen molar-refractivity contribution in [1.29, 1.82) is 0 Å². The first kappa shape index (κ1) is 13.4. The van der Waals surface area contributed by atoms with E-state index in [1.807, 2.05) is 24.3 Å². The zero-order chi connectivity index (χ0) is 13.7. The van der Waals surface area contributed by atoms with Gasteiger partial charge in [0.05, 0.1) is 14.2 Å². The molecular formula is C15H18N2O2. The zero-order valence-electron chi connectivity index (χ0n) is 11.2. The largest absolute Gasteiger partial charge is 0.493 e. The van der Waals surface area contributed by atoms with Gasteiger partial charge in [-0.25, -0.2) is 0 Å².